The van der Waals surface area contributed by atoms with E-state index in [1.807, 2.05) is 45.0 Å². The van der Waals surface area contributed by atoms with Gasteiger partial charge in [-0.1, -0.05) is 159 Å². The van der Waals surface area contributed by atoms with Crippen LogP contribution in [0.4, 0.5) is 4.79 Å². The molecule has 0 heterocycles. The molecule has 1 unspecified atom stereocenters. The van der Waals surface area contributed by atoms with E-state index in [0.717, 1.165) is 60.3 Å². The third kappa shape index (κ3) is 19.4. The standard InChI is InChI=1S/C49H77NO7S/c1-6-8-10-12-13-14-15-16-18-24-33-55-34-39(38(27-25-32-46(51)52)26-19-17-11-9-7-2)36-58-37-45(47(53)57-49(3,4)5)50-48(54)56-35-44-42-30-22-20-28-40(42)41-29-21-23-31-43(41)44/h20-23,28-31,38-39,44-45H,6-19,24-27,32-37H2,1-5H3,(H,50,54)(H,51,52)/t38-,39-,45?/m1/s1. The van der Waals surface area contributed by atoms with Crippen molar-refractivity contribution in [2.45, 2.75) is 174 Å². The van der Waals surface area contributed by atoms with Crippen LogP contribution in [0.1, 0.15) is 174 Å². The molecule has 1 amide bonds. The predicted octanol–water partition coefficient (Wildman–Crippen LogP) is 12.8. The lowest BCUT2D eigenvalue weighted by molar-refractivity contribution is -0.156. The van der Waals surface area contributed by atoms with Gasteiger partial charge in [0.1, 0.15) is 18.2 Å². The Morgan fingerprint density at radius 1 is 0.707 bits per heavy atom. The second-order valence-corrected chi connectivity index (χ2v) is 18.4. The molecule has 0 saturated carbocycles. The van der Waals surface area contributed by atoms with Gasteiger partial charge in [-0.25, -0.2) is 9.59 Å². The second-order valence-electron chi connectivity index (χ2n) is 17.4. The van der Waals surface area contributed by atoms with Crippen molar-refractivity contribution in [2.75, 3.05) is 31.3 Å². The molecule has 1 aliphatic carbocycles. The van der Waals surface area contributed by atoms with Crippen molar-refractivity contribution in [1.82, 2.24) is 5.32 Å². The molecule has 0 bridgehead atoms. The first kappa shape index (κ1) is 49.3. The zero-order valence-electron chi connectivity index (χ0n) is 36.7. The normalized spacial score (nSPS) is 14.0. The first-order valence-electron chi connectivity index (χ1n) is 22.8. The molecule has 3 rings (SSSR count). The van der Waals surface area contributed by atoms with Crippen molar-refractivity contribution >= 4 is 29.8 Å². The molecule has 0 fully saturated rings. The van der Waals surface area contributed by atoms with Gasteiger partial charge in [-0.15, -0.1) is 0 Å². The number of thioether (sulfide) groups is 1. The molecule has 3 atom stereocenters. The number of rotatable bonds is 32. The number of ether oxygens (including phenoxy) is 3. The molecule has 2 aromatic rings. The summed E-state index contributed by atoms with van der Waals surface area (Å²) in [5, 5.41) is 12.3. The number of fused-ring (bicyclic) bond motifs is 3. The number of carboxylic acids is 1. The number of aliphatic carboxylic acids is 1. The average molecular weight is 824 g/mol. The Morgan fingerprint density at radius 2 is 1.24 bits per heavy atom. The Bertz CT molecular complexity index is 1410. The van der Waals surface area contributed by atoms with Crippen LogP contribution in [0.5, 0.6) is 0 Å². The first-order chi connectivity index (χ1) is 28.0. The molecular formula is C49H77NO7S. The molecule has 9 heteroatoms. The van der Waals surface area contributed by atoms with Crippen LogP contribution in [0.15, 0.2) is 48.5 Å². The van der Waals surface area contributed by atoms with Gasteiger partial charge in [-0.2, -0.15) is 11.8 Å². The van der Waals surface area contributed by atoms with E-state index in [2.05, 4.69) is 43.4 Å². The number of benzene rings is 2. The minimum Gasteiger partial charge on any atom is -0.481 e. The molecule has 0 radical (unpaired) electrons. The summed E-state index contributed by atoms with van der Waals surface area (Å²) in [6.07, 6.45) is 20.7. The van der Waals surface area contributed by atoms with E-state index in [-0.39, 0.29) is 24.9 Å². The second kappa shape index (κ2) is 28.4. The van der Waals surface area contributed by atoms with Crippen LogP contribution in [0.3, 0.4) is 0 Å². The van der Waals surface area contributed by atoms with E-state index in [4.69, 9.17) is 14.2 Å². The molecule has 326 valence electrons. The molecule has 0 aliphatic heterocycles. The topological polar surface area (TPSA) is 111 Å². The number of nitrogens with one attached hydrogen (secondary N) is 1. The number of unbranched alkanes of at least 4 members (excludes halogenated alkanes) is 13. The summed E-state index contributed by atoms with van der Waals surface area (Å²) in [5.41, 5.74) is 3.83. The Hall–Kier alpha value is -3.04. The van der Waals surface area contributed by atoms with Crippen molar-refractivity contribution in [3.8, 4) is 11.1 Å². The van der Waals surface area contributed by atoms with Crippen LogP contribution in [-0.4, -0.2) is 66.1 Å². The zero-order valence-corrected chi connectivity index (χ0v) is 37.5. The quantitative estimate of drug-likeness (QED) is 0.0554. The van der Waals surface area contributed by atoms with Crippen molar-refractivity contribution in [3.05, 3.63) is 59.7 Å². The number of alkyl carbamates (subject to hydrolysis) is 1. The molecule has 2 aromatic carbocycles. The summed E-state index contributed by atoms with van der Waals surface area (Å²) in [7, 11) is 0. The van der Waals surface area contributed by atoms with Gasteiger partial charge in [0.2, 0.25) is 0 Å². The molecule has 0 aromatic heterocycles. The number of hydrogen-bond donors (Lipinski definition) is 2. The Kier molecular flexibility index (Phi) is 24.2. The van der Waals surface area contributed by atoms with Gasteiger partial charge >= 0.3 is 18.0 Å². The van der Waals surface area contributed by atoms with Crippen LogP contribution in [-0.2, 0) is 23.8 Å². The Labute approximate surface area is 355 Å². The molecule has 58 heavy (non-hydrogen) atoms. The number of esters is 1. The maximum Gasteiger partial charge on any atom is 0.407 e. The van der Waals surface area contributed by atoms with Gasteiger partial charge in [0.15, 0.2) is 0 Å². The fraction of sp³-hybridized carbons (Fsp3) is 0.694. The summed E-state index contributed by atoms with van der Waals surface area (Å²) in [4.78, 5) is 38.4. The summed E-state index contributed by atoms with van der Waals surface area (Å²) < 4.78 is 18.0. The number of hydrogen-bond acceptors (Lipinski definition) is 7. The molecule has 0 spiro atoms. The van der Waals surface area contributed by atoms with Crippen LogP contribution in [0.2, 0.25) is 0 Å². The van der Waals surface area contributed by atoms with Gasteiger partial charge in [0.05, 0.1) is 6.61 Å². The Balaban J connectivity index is 1.63. The van der Waals surface area contributed by atoms with E-state index in [9.17, 15) is 19.5 Å². The average Bonchev–Trinajstić information content (AvgIpc) is 3.51. The summed E-state index contributed by atoms with van der Waals surface area (Å²) in [5.74, 6) is 0.232. The van der Waals surface area contributed by atoms with Crippen molar-refractivity contribution < 1.29 is 33.7 Å². The summed E-state index contributed by atoms with van der Waals surface area (Å²) >= 11 is 1.62. The van der Waals surface area contributed by atoms with Gasteiger partial charge in [0, 0.05) is 24.7 Å². The lowest BCUT2D eigenvalue weighted by Gasteiger charge is -2.28. The monoisotopic (exact) mass is 824 g/mol. The highest BCUT2D eigenvalue weighted by Crippen LogP contribution is 2.44. The fourth-order valence-corrected chi connectivity index (χ4v) is 9.31. The zero-order chi connectivity index (χ0) is 42.0. The van der Waals surface area contributed by atoms with Crippen LogP contribution >= 0.6 is 11.8 Å². The van der Waals surface area contributed by atoms with Gasteiger partial charge < -0.3 is 24.6 Å². The fourth-order valence-electron chi connectivity index (χ4n) is 8.05. The third-order valence-electron chi connectivity index (χ3n) is 11.2. The van der Waals surface area contributed by atoms with E-state index in [1.54, 1.807) is 11.8 Å². The van der Waals surface area contributed by atoms with E-state index >= 15 is 0 Å². The highest BCUT2D eigenvalue weighted by Gasteiger charge is 2.32. The van der Waals surface area contributed by atoms with Crippen molar-refractivity contribution in [1.29, 1.82) is 0 Å². The summed E-state index contributed by atoms with van der Waals surface area (Å²) in [6.45, 7) is 11.4. The molecule has 0 saturated heterocycles. The molecule has 2 N–H and O–H groups in total. The number of carbonyl (C=O) groups is 3. The van der Waals surface area contributed by atoms with Gasteiger partial charge in [0.25, 0.3) is 0 Å². The summed E-state index contributed by atoms with van der Waals surface area (Å²) in [6, 6.07) is 15.5. The van der Waals surface area contributed by atoms with Crippen molar-refractivity contribution in [3.63, 3.8) is 0 Å². The number of carbonyl (C=O) groups excluding carboxylic acids is 2. The molecule has 1 aliphatic rings. The minimum absolute atomic E-state index is 0.0892. The first-order valence-corrected chi connectivity index (χ1v) is 23.9. The smallest absolute Gasteiger partial charge is 0.407 e. The lowest BCUT2D eigenvalue weighted by Crippen LogP contribution is -2.46. The highest BCUT2D eigenvalue weighted by molar-refractivity contribution is 7.99. The number of carboxylic acid groups (broad SMARTS) is 1. The molecular weight excluding hydrogens is 747 g/mol. The van der Waals surface area contributed by atoms with Gasteiger partial charge in [-0.05, 0) is 79.9 Å². The van der Waals surface area contributed by atoms with E-state index in [0.29, 0.717) is 24.7 Å². The third-order valence-corrected chi connectivity index (χ3v) is 12.5. The highest BCUT2D eigenvalue weighted by atomic mass is 32.2. The van der Waals surface area contributed by atoms with Crippen LogP contribution in [0, 0.1) is 11.8 Å². The van der Waals surface area contributed by atoms with Crippen LogP contribution in [0.25, 0.3) is 11.1 Å². The van der Waals surface area contributed by atoms with E-state index < -0.39 is 29.7 Å². The number of amides is 1. The lowest BCUT2D eigenvalue weighted by atomic mass is 9.85. The maximum atomic E-state index is 13.5. The van der Waals surface area contributed by atoms with Crippen molar-refractivity contribution in [2.24, 2.45) is 11.8 Å². The molecule has 8 nitrogen and oxygen atoms in total. The predicted molar refractivity (Wildman–Crippen MR) is 240 cm³/mol. The van der Waals surface area contributed by atoms with Crippen LogP contribution < -0.4 is 5.32 Å². The SMILES string of the molecule is CCCCCCCCCCCCOC[C@H](CSCC(NC(=O)OCC1c2ccccc2-c2ccccc21)C(=O)OC(C)(C)C)[C@H](CCCCCCC)CCCC(=O)O. The maximum absolute atomic E-state index is 13.5. The largest absolute Gasteiger partial charge is 0.481 e. The minimum atomic E-state index is -0.896. The Morgan fingerprint density at radius 3 is 1.81 bits per heavy atom. The van der Waals surface area contributed by atoms with Gasteiger partial charge in [-0.3, -0.25) is 4.79 Å². The van der Waals surface area contributed by atoms with E-state index in [1.165, 1.54) is 83.5 Å².